The van der Waals surface area contributed by atoms with Crippen molar-refractivity contribution in [2.75, 3.05) is 0 Å². The molecule has 10 nitrogen and oxygen atoms in total. The molecule has 0 aliphatic heterocycles. The minimum atomic E-state index is -4.74. The molecule has 3 atom stereocenters. The number of alkyl halides is 7. The highest BCUT2D eigenvalue weighted by atomic mass is 19.4. The van der Waals surface area contributed by atoms with Gasteiger partial charge in [0.15, 0.2) is 11.3 Å². The molecule has 5 rings (SSSR count). The molecule has 43 heavy (non-hydrogen) atoms. The molecule has 0 unspecified atom stereocenters. The van der Waals surface area contributed by atoms with Crippen molar-refractivity contribution < 1.29 is 45.0 Å². The van der Waals surface area contributed by atoms with Gasteiger partial charge in [-0.25, -0.2) is 31.7 Å². The Morgan fingerprint density at radius 2 is 1.79 bits per heavy atom. The predicted molar refractivity (Wildman–Crippen MR) is 133 cm³/mol. The first-order valence-corrected chi connectivity index (χ1v) is 13.7. The molecule has 2 aliphatic rings. The number of rotatable bonds is 10. The van der Waals surface area contributed by atoms with Gasteiger partial charge in [0.05, 0.1) is 30.0 Å². The Morgan fingerprint density at radius 3 is 2.37 bits per heavy atom. The molecule has 3 aromatic heterocycles. The highest BCUT2D eigenvalue weighted by Gasteiger charge is 2.50. The fourth-order valence-corrected chi connectivity index (χ4v) is 5.45. The topological polar surface area (TPSA) is 127 Å². The molecule has 0 aromatic carbocycles. The molecular weight excluding hydrogens is 591 g/mol. The smallest absolute Gasteiger partial charge is 0.344 e. The van der Waals surface area contributed by atoms with E-state index in [1.165, 1.54) is 23.7 Å². The van der Waals surface area contributed by atoms with Crippen molar-refractivity contribution >= 4 is 17.5 Å². The lowest BCUT2D eigenvalue weighted by Crippen LogP contribution is -2.48. The van der Waals surface area contributed by atoms with E-state index in [0.717, 1.165) is 6.20 Å². The van der Waals surface area contributed by atoms with Crippen molar-refractivity contribution in [2.24, 2.45) is 11.8 Å². The number of carbonyl (C=O) groups is 2. The lowest BCUT2D eigenvalue weighted by molar-refractivity contribution is -0.166. The second kappa shape index (κ2) is 11.7. The first kappa shape index (κ1) is 30.7. The third-order valence-corrected chi connectivity index (χ3v) is 7.94. The van der Waals surface area contributed by atoms with Gasteiger partial charge in [-0.15, -0.1) is 0 Å². The summed E-state index contributed by atoms with van der Waals surface area (Å²) in [7, 11) is 0. The second-order valence-corrected chi connectivity index (χ2v) is 11.1. The summed E-state index contributed by atoms with van der Waals surface area (Å²) in [5, 5.41) is 15.9. The lowest BCUT2D eigenvalue weighted by atomic mass is 9.81. The van der Waals surface area contributed by atoms with Crippen molar-refractivity contribution in [1.82, 2.24) is 35.5 Å². The van der Waals surface area contributed by atoms with Crippen LogP contribution in [-0.2, 0) is 4.79 Å². The second-order valence-electron chi connectivity index (χ2n) is 11.1. The molecular formula is C26H28F7N7O3. The molecule has 0 spiro atoms. The minimum absolute atomic E-state index is 0.0498. The quantitative estimate of drug-likeness (QED) is 0.309. The van der Waals surface area contributed by atoms with Gasteiger partial charge in [-0.3, -0.25) is 9.59 Å². The Balaban J connectivity index is 1.44. The standard InChI is InChI=1S/C26H28F7N7O3/c1-12-20(39-43-38-12)24(42)36-21(13-4-6-25(29,30)7-5-13)17-11-40-19(35-17)8-15(10-34-40)16(9-18(27)28)23(41)37-22(14-2-3-14)26(31,32)33/h8,10-11,13-14,16,18,21-22H,2-7,9H2,1H3,(H,36,42)(H,37,41)/t16-,21-,22-/m0/s1. The molecule has 2 fully saturated rings. The van der Waals surface area contributed by atoms with Crippen LogP contribution in [-0.4, -0.2) is 61.3 Å². The van der Waals surface area contributed by atoms with Crippen molar-refractivity contribution in [1.29, 1.82) is 0 Å². The van der Waals surface area contributed by atoms with Gasteiger partial charge in [-0.2, -0.15) is 18.3 Å². The van der Waals surface area contributed by atoms with E-state index >= 15 is 0 Å². The monoisotopic (exact) mass is 619 g/mol. The van der Waals surface area contributed by atoms with Crippen LogP contribution in [0.5, 0.6) is 0 Å². The fourth-order valence-electron chi connectivity index (χ4n) is 5.45. The lowest BCUT2D eigenvalue weighted by Gasteiger charge is -2.33. The first-order chi connectivity index (χ1) is 20.2. The van der Waals surface area contributed by atoms with Crippen LogP contribution in [0, 0.1) is 18.8 Å². The molecule has 3 heterocycles. The molecule has 2 N–H and O–H groups in total. The number of aromatic nitrogens is 5. The van der Waals surface area contributed by atoms with E-state index in [-0.39, 0.29) is 54.0 Å². The Kier molecular flexibility index (Phi) is 8.35. The van der Waals surface area contributed by atoms with Gasteiger partial charge in [-0.1, -0.05) is 5.16 Å². The molecule has 0 radical (unpaired) electrons. The average molecular weight is 620 g/mol. The zero-order chi connectivity index (χ0) is 31.1. The summed E-state index contributed by atoms with van der Waals surface area (Å²) in [5.41, 5.74) is 0.267. The van der Waals surface area contributed by atoms with Gasteiger partial charge < -0.3 is 10.6 Å². The number of aryl methyl sites for hydroxylation is 1. The van der Waals surface area contributed by atoms with Gasteiger partial charge >= 0.3 is 6.18 Å². The third-order valence-electron chi connectivity index (χ3n) is 7.94. The summed E-state index contributed by atoms with van der Waals surface area (Å²) in [6.07, 6.45) is -6.48. The third kappa shape index (κ3) is 7.06. The SMILES string of the molecule is Cc1nonc1C(=O)N[C@H](c1cn2ncc([C@H](CC(F)F)C(=O)N[C@@H](C3CC3)C(F)(F)F)cc2n1)C1CCC(F)(F)CC1. The zero-order valence-corrected chi connectivity index (χ0v) is 22.8. The summed E-state index contributed by atoms with van der Waals surface area (Å²) in [6.45, 7) is 1.49. The summed E-state index contributed by atoms with van der Waals surface area (Å²) in [5.74, 6) is -7.67. The number of imidazole rings is 1. The highest BCUT2D eigenvalue weighted by Crippen LogP contribution is 2.42. The number of halogens is 7. The van der Waals surface area contributed by atoms with Crippen LogP contribution < -0.4 is 10.6 Å². The number of amides is 2. The average Bonchev–Trinajstić information content (AvgIpc) is 3.52. The van der Waals surface area contributed by atoms with Gasteiger partial charge in [0.1, 0.15) is 11.7 Å². The number of fused-ring (bicyclic) bond motifs is 1. The van der Waals surface area contributed by atoms with E-state index in [1.807, 2.05) is 5.32 Å². The van der Waals surface area contributed by atoms with E-state index in [9.17, 15) is 40.3 Å². The molecule has 17 heteroatoms. The molecule has 3 aromatic rings. The maximum Gasteiger partial charge on any atom is 0.408 e. The first-order valence-electron chi connectivity index (χ1n) is 13.7. The van der Waals surface area contributed by atoms with Crippen LogP contribution in [0.25, 0.3) is 5.65 Å². The number of hydrogen-bond donors (Lipinski definition) is 2. The van der Waals surface area contributed by atoms with E-state index in [2.05, 4.69) is 30.3 Å². The molecule has 2 aliphatic carbocycles. The van der Waals surface area contributed by atoms with E-state index in [4.69, 9.17) is 0 Å². The van der Waals surface area contributed by atoms with Crippen molar-refractivity contribution in [3.8, 4) is 0 Å². The molecule has 0 bridgehead atoms. The predicted octanol–water partition coefficient (Wildman–Crippen LogP) is 4.91. The van der Waals surface area contributed by atoms with Crippen LogP contribution in [0.3, 0.4) is 0 Å². The largest absolute Gasteiger partial charge is 0.408 e. The Labute approximate surface area is 239 Å². The maximum atomic E-state index is 13.9. The highest BCUT2D eigenvalue weighted by molar-refractivity contribution is 5.93. The van der Waals surface area contributed by atoms with Gasteiger partial charge in [0, 0.05) is 19.3 Å². The normalized spacial score (nSPS) is 19.7. The van der Waals surface area contributed by atoms with Crippen LogP contribution >= 0.6 is 0 Å². The maximum absolute atomic E-state index is 13.9. The summed E-state index contributed by atoms with van der Waals surface area (Å²) < 4.78 is 101. The van der Waals surface area contributed by atoms with E-state index in [0.29, 0.717) is 0 Å². The molecule has 234 valence electrons. The Bertz CT molecular complexity index is 1460. The molecule has 2 saturated carbocycles. The van der Waals surface area contributed by atoms with E-state index in [1.54, 1.807) is 0 Å². The fraction of sp³-hybridized carbons (Fsp3) is 0.615. The number of hydrogen-bond acceptors (Lipinski definition) is 7. The summed E-state index contributed by atoms with van der Waals surface area (Å²) >= 11 is 0. The van der Waals surface area contributed by atoms with Gasteiger partial charge in [0.2, 0.25) is 18.3 Å². The van der Waals surface area contributed by atoms with Crippen LogP contribution in [0.15, 0.2) is 23.1 Å². The summed E-state index contributed by atoms with van der Waals surface area (Å²) in [6, 6.07) is -1.79. The minimum Gasteiger partial charge on any atom is -0.344 e. The van der Waals surface area contributed by atoms with Crippen LogP contribution in [0.1, 0.15) is 84.3 Å². The van der Waals surface area contributed by atoms with Gasteiger partial charge in [0.25, 0.3) is 5.91 Å². The van der Waals surface area contributed by atoms with Crippen molar-refractivity contribution in [3.05, 3.63) is 41.1 Å². The molecule has 0 saturated heterocycles. The van der Waals surface area contributed by atoms with E-state index < -0.39 is 79.4 Å². The van der Waals surface area contributed by atoms with Crippen LogP contribution in [0.2, 0.25) is 0 Å². The zero-order valence-electron chi connectivity index (χ0n) is 22.8. The van der Waals surface area contributed by atoms with Gasteiger partial charge in [-0.05, 0) is 61.2 Å². The Morgan fingerprint density at radius 1 is 1.09 bits per heavy atom. The Hall–Kier alpha value is -3.79. The number of nitrogens with zero attached hydrogens (tertiary/aromatic N) is 5. The number of carbonyl (C=O) groups excluding carboxylic acids is 2. The molecule has 2 amide bonds. The van der Waals surface area contributed by atoms with Crippen LogP contribution in [0.4, 0.5) is 30.7 Å². The summed E-state index contributed by atoms with van der Waals surface area (Å²) in [4.78, 5) is 30.3. The van der Waals surface area contributed by atoms with Crippen molar-refractivity contribution in [2.45, 2.75) is 88.4 Å². The number of nitrogens with one attached hydrogen (secondary N) is 2. The van der Waals surface area contributed by atoms with Crippen molar-refractivity contribution in [3.63, 3.8) is 0 Å².